The number of halogens is 1. The summed E-state index contributed by atoms with van der Waals surface area (Å²) in [6.07, 6.45) is 3.93. The van der Waals surface area contributed by atoms with Gasteiger partial charge in [0.15, 0.2) is 0 Å². The highest BCUT2D eigenvalue weighted by Gasteiger charge is 2.36. The van der Waals surface area contributed by atoms with Crippen molar-refractivity contribution in [3.05, 3.63) is 27.7 Å². The summed E-state index contributed by atoms with van der Waals surface area (Å²) in [6, 6.07) is 5.22. The number of hydrogen-bond donors (Lipinski definition) is 0. The average molecular weight is 421 g/mol. The quantitative estimate of drug-likeness (QED) is 0.732. The predicted molar refractivity (Wildman–Crippen MR) is 108 cm³/mol. The lowest BCUT2D eigenvalue weighted by molar-refractivity contribution is -0.124. The van der Waals surface area contributed by atoms with Gasteiger partial charge in [-0.3, -0.25) is 9.69 Å². The van der Waals surface area contributed by atoms with Gasteiger partial charge in [0.1, 0.15) is 5.78 Å². The van der Waals surface area contributed by atoms with Crippen molar-refractivity contribution in [2.75, 3.05) is 44.3 Å². The highest BCUT2D eigenvalue weighted by atomic mass is 79.9. The molecule has 0 bridgehead atoms. The molecule has 1 aliphatic carbocycles. The van der Waals surface area contributed by atoms with Crippen LogP contribution in [0.5, 0.6) is 0 Å². The average Bonchev–Trinajstić information content (AvgIpc) is 2.66. The number of morpholine rings is 1. The first-order valence-electron chi connectivity index (χ1n) is 9.90. The molecule has 0 amide bonds. The molecule has 2 saturated heterocycles. The van der Waals surface area contributed by atoms with E-state index < -0.39 is 0 Å². The minimum absolute atomic E-state index is 0.365. The first-order valence-corrected chi connectivity index (χ1v) is 10.7. The molecule has 4 nitrogen and oxygen atoms in total. The van der Waals surface area contributed by atoms with Gasteiger partial charge in [0.2, 0.25) is 0 Å². The fraction of sp³-hybridized carbons (Fsp3) is 0.667. The smallest absolute Gasteiger partial charge is 0.143 e. The van der Waals surface area contributed by atoms with Crippen LogP contribution in [0, 0.1) is 0 Å². The maximum Gasteiger partial charge on any atom is 0.143 e. The summed E-state index contributed by atoms with van der Waals surface area (Å²) in [7, 11) is 0. The van der Waals surface area contributed by atoms with Crippen LogP contribution in [-0.2, 0) is 21.4 Å². The molecule has 5 heteroatoms. The second kappa shape index (κ2) is 7.25. The zero-order chi connectivity index (χ0) is 18.3. The summed E-state index contributed by atoms with van der Waals surface area (Å²) in [4.78, 5) is 17.5. The molecule has 1 aromatic carbocycles. The Balaban J connectivity index is 1.52. The van der Waals surface area contributed by atoms with Gasteiger partial charge in [-0.05, 0) is 72.3 Å². The Morgan fingerprint density at radius 3 is 2.46 bits per heavy atom. The number of anilines is 1. The van der Waals surface area contributed by atoms with E-state index in [9.17, 15) is 4.79 Å². The van der Waals surface area contributed by atoms with Crippen molar-refractivity contribution in [3.63, 3.8) is 0 Å². The van der Waals surface area contributed by atoms with Gasteiger partial charge in [-0.15, -0.1) is 0 Å². The molecule has 4 rings (SSSR count). The second-order valence-corrected chi connectivity index (χ2v) is 9.23. The van der Waals surface area contributed by atoms with E-state index in [0.717, 1.165) is 45.8 Å². The van der Waals surface area contributed by atoms with Crippen LogP contribution < -0.4 is 4.90 Å². The number of carbonyl (C=O) groups is 1. The van der Waals surface area contributed by atoms with E-state index in [1.165, 1.54) is 34.1 Å². The number of benzene rings is 1. The van der Waals surface area contributed by atoms with Crippen molar-refractivity contribution in [1.29, 1.82) is 0 Å². The third-order valence-corrected chi connectivity index (χ3v) is 7.17. The standard InChI is InChI=1S/C21H29BrN2O2/c1-21(2)17-14-19(18(22)13-15(17)3-4-20(21)25)24-7-5-16(6-8-24)23-9-11-26-12-10-23/h13-14,16H,3-12H2,1-2H3. The van der Waals surface area contributed by atoms with E-state index in [1.807, 2.05) is 0 Å². The second-order valence-electron chi connectivity index (χ2n) is 8.38. The number of rotatable bonds is 2. The van der Waals surface area contributed by atoms with Gasteiger partial charge in [0.25, 0.3) is 0 Å². The maximum absolute atomic E-state index is 12.4. The van der Waals surface area contributed by atoms with Gasteiger partial charge >= 0.3 is 0 Å². The molecule has 26 heavy (non-hydrogen) atoms. The molecule has 0 aromatic heterocycles. The first kappa shape index (κ1) is 18.5. The zero-order valence-electron chi connectivity index (χ0n) is 15.9. The van der Waals surface area contributed by atoms with Crippen molar-refractivity contribution in [3.8, 4) is 0 Å². The topological polar surface area (TPSA) is 32.8 Å². The molecule has 0 atom stereocenters. The van der Waals surface area contributed by atoms with Crippen molar-refractivity contribution in [2.45, 2.75) is 51.0 Å². The molecule has 0 radical (unpaired) electrons. The molecule has 142 valence electrons. The lowest BCUT2D eigenvalue weighted by Crippen LogP contribution is -2.49. The summed E-state index contributed by atoms with van der Waals surface area (Å²) in [6.45, 7) is 10.2. The van der Waals surface area contributed by atoms with Gasteiger partial charge in [-0.1, -0.05) is 0 Å². The number of ether oxygens (including phenoxy) is 1. The van der Waals surface area contributed by atoms with Gasteiger partial charge in [-0.2, -0.15) is 0 Å². The van der Waals surface area contributed by atoms with Gasteiger partial charge in [0, 0.05) is 48.5 Å². The summed E-state index contributed by atoms with van der Waals surface area (Å²) in [5.74, 6) is 0.365. The molecule has 0 N–H and O–H groups in total. The number of carbonyl (C=O) groups excluding carboxylic acids is 1. The highest BCUT2D eigenvalue weighted by Crippen LogP contribution is 2.40. The predicted octanol–water partition coefficient (Wildman–Crippen LogP) is 3.54. The summed E-state index contributed by atoms with van der Waals surface area (Å²) in [5, 5.41) is 0. The minimum atomic E-state index is -0.366. The van der Waals surface area contributed by atoms with E-state index in [0.29, 0.717) is 18.2 Å². The molecule has 1 aromatic rings. The van der Waals surface area contributed by atoms with Crippen LogP contribution in [0.3, 0.4) is 0 Å². The Labute approximate surface area is 165 Å². The van der Waals surface area contributed by atoms with Gasteiger partial charge in [-0.25, -0.2) is 0 Å². The van der Waals surface area contributed by atoms with Crippen molar-refractivity contribution in [1.82, 2.24) is 4.90 Å². The highest BCUT2D eigenvalue weighted by molar-refractivity contribution is 9.10. The Morgan fingerprint density at radius 1 is 1.08 bits per heavy atom. The Bertz CT molecular complexity index is 689. The first-order chi connectivity index (χ1) is 12.5. The van der Waals surface area contributed by atoms with E-state index >= 15 is 0 Å². The van der Waals surface area contributed by atoms with Crippen molar-refractivity contribution >= 4 is 27.4 Å². The monoisotopic (exact) mass is 420 g/mol. The third-order valence-electron chi connectivity index (χ3n) is 6.53. The van der Waals surface area contributed by atoms with E-state index in [1.54, 1.807) is 0 Å². The molecular formula is C21H29BrN2O2. The number of nitrogens with zero attached hydrogens (tertiary/aromatic N) is 2. The fourth-order valence-corrected chi connectivity index (χ4v) is 5.40. The fourth-order valence-electron chi connectivity index (χ4n) is 4.76. The van der Waals surface area contributed by atoms with Crippen LogP contribution in [0.4, 0.5) is 5.69 Å². The third kappa shape index (κ3) is 3.34. The number of hydrogen-bond acceptors (Lipinski definition) is 4. The Hall–Kier alpha value is -0.910. The van der Waals surface area contributed by atoms with E-state index in [-0.39, 0.29) is 5.41 Å². The summed E-state index contributed by atoms with van der Waals surface area (Å²) >= 11 is 3.80. The van der Waals surface area contributed by atoms with Crippen LogP contribution in [0.15, 0.2) is 16.6 Å². The lowest BCUT2D eigenvalue weighted by atomic mass is 9.71. The molecule has 2 aliphatic heterocycles. The molecule has 0 unspecified atom stereocenters. The molecular weight excluding hydrogens is 392 g/mol. The Morgan fingerprint density at radius 2 is 1.77 bits per heavy atom. The summed E-state index contributed by atoms with van der Waals surface area (Å²) < 4.78 is 6.66. The number of aryl methyl sites for hydroxylation is 1. The molecule has 3 aliphatic rings. The summed E-state index contributed by atoms with van der Waals surface area (Å²) in [5.41, 5.74) is 3.44. The number of fused-ring (bicyclic) bond motifs is 1. The lowest BCUT2D eigenvalue weighted by Gasteiger charge is -2.41. The van der Waals surface area contributed by atoms with E-state index in [2.05, 4.69) is 51.7 Å². The van der Waals surface area contributed by atoms with Crippen LogP contribution in [0.2, 0.25) is 0 Å². The van der Waals surface area contributed by atoms with Gasteiger partial charge in [0.05, 0.1) is 18.9 Å². The minimum Gasteiger partial charge on any atom is -0.379 e. The van der Waals surface area contributed by atoms with E-state index in [4.69, 9.17) is 4.74 Å². The number of ketones is 1. The van der Waals surface area contributed by atoms with Crippen LogP contribution in [0.1, 0.15) is 44.2 Å². The maximum atomic E-state index is 12.4. The Kier molecular flexibility index (Phi) is 5.15. The van der Waals surface area contributed by atoms with Crippen LogP contribution in [0.25, 0.3) is 0 Å². The van der Waals surface area contributed by atoms with Crippen LogP contribution in [-0.4, -0.2) is 56.1 Å². The van der Waals surface area contributed by atoms with Crippen molar-refractivity contribution < 1.29 is 9.53 Å². The van der Waals surface area contributed by atoms with Gasteiger partial charge < -0.3 is 9.64 Å². The normalized spacial score (nSPS) is 24.6. The number of piperidine rings is 1. The molecule has 2 fully saturated rings. The van der Waals surface area contributed by atoms with Crippen LogP contribution >= 0.6 is 15.9 Å². The largest absolute Gasteiger partial charge is 0.379 e. The zero-order valence-corrected chi connectivity index (χ0v) is 17.5. The molecule has 0 saturated carbocycles. The number of Topliss-reactive ketones (excluding diaryl/α,β-unsaturated/α-hetero) is 1. The molecule has 2 heterocycles. The van der Waals surface area contributed by atoms with Crippen molar-refractivity contribution in [2.24, 2.45) is 0 Å². The molecule has 0 spiro atoms. The SMILES string of the molecule is CC1(C)C(=O)CCc2cc(Br)c(N3CCC(N4CCOCC4)CC3)cc21.